The first kappa shape index (κ1) is 28.8. The lowest BCUT2D eigenvalue weighted by Crippen LogP contribution is -2.55. The van der Waals surface area contributed by atoms with E-state index < -0.39 is 23.9 Å². The van der Waals surface area contributed by atoms with Gasteiger partial charge in [0, 0.05) is 31.1 Å². The highest BCUT2D eigenvalue weighted by molar-refractivity contribution is 5.97. The summed E-state index contributed by atoms with van der Waals surface area (Å²) in [6, 6.07) is 6.40. The fraction of sp³-hybridized carbons (Fsp3) is 0.480. The number of carbonyl (C=O) groups is 3. The number of aromatic nitrogens is 2. The van der Waals surface area contributed by atoms with Gasteiger partial charge in [-0.2, -0.15) is 18.3 Å². The average Bonchev–Trinajstić information content (AvgIpc) is 3.40. The highest BCUT2D eigenvalue weighted by Gasteiger charge is 2.38. The predicted molar refractivity (Wildman–Crippen MR) is 127 cm³/mol. The van der Waals surface area contributed by atoms with E-state index in [2.05, 4.69) is 10.2 Å². The summed E-state index contributed by atoms with van der Waals surface area (Å²) < 4.78 is 46.2. The van der Waals surface area contributed by atoms with Gasteiger partial charge >= 0.3 is 12.1 Å². The third kappa shape index (κ3) is 7.17. The lowest BCUT2D eigenvalue weighted by molar-refractivity contribution is -0.192. The minimum Gasteiger partial charge on any atom is -0.475 e. The predicted octanol–water partition coefficient (Wildman–Crippen LogP) is 2.92. The van der Waals surface area contributed by atoms with Crippen LogP contribution in [0.3, 0.4) is 0 Å². The molecular weight excluding hydrogens is 512 g/mol. The topological polar surface area (TPSA) is 124 Å². The number of benzene rings is 1. The van der Waals surface area contributed by atoms with Crippen LogP contribution in [0.25, 0.3) is 0 Å². The maximum atomic E-state index is 14.5. The fourth-order valence-electron chi connectivity index (χ4n) is 4.53. The van der Waals surface area contributed by atoms with Crippen molar-refractivity contribution in [1.82, 2.24) is 20.0 Å². The van der Waals surface area contributed by atoms with Crippen LogP contribution in [0.4, 0.5) is 17.6 Å². The fourth-order valence-corrected chi connectivity index (χ4v) is 4.53. The molecule has 1 aromatic carbocycles. The monoisotopic (exact) mass is 540 g/mol. The Bertz CT molecular complexity index is 1240. The van der Waals surface area contributed by atoms with Gasteiger partial charge in [-0.3, -0.25) is 14.4 Å². The molecule has 0 bridgehead atoms. The molecule has 1 aliphatic carbocycles. The summed E-state index contributed by atoms with van der Waals surface area (Å²) in [6.07, 6.45) is 0.180. The second kappa shape index (κ2) is 12.2. The van der Waals surface area contributed by atoms with Crippen LogP contribution in [0.1, 0.15) is 59.8 Å². The van der Waals surface area contributed by atoms with Gasteiger partial charge < -0.3 is 14.9 Å². The Morgan fingerprint density at radius 2 is 1.79 bits per heavy atom. The molecule has 2 amide bonds. The number of aryl methyl sites for hydroxylation is 1. The van der Waals surface area contributed by atoms with Crippen LogP contribution < -0.4 is 5.56 Å². The van der Waals surface area contributed by atoms with E-state index in [1.807, 2.05) is 11.8 Å². The number of carboxylic acids is 1. The van der Waals surface area contributed by atoms with Gasteiger partial charge in [0.15, 0.2) is 0 Å². The van der Waals surface area contributed by atoms with Crippen molar-refractivity contribution in [3.05, 3.63) is 62.8 Å². The second-order valence-corrected chi connectivity index (χ2v) is 9.11. The molecule has 2 heterocycles. The standard InChI is InChI=1S/C23H27FN4O3.C2HF3O2/c1-2-16-13-17(25-26-22(16)30)11-15-7-8-20(24)19(12-15)23(31)27-9-10-28(21(29)14-27)18-5-3-4-6-18;3-2(4,5)1(6)7/h7-8,12-13,18H,2-6,9-11,14H2,1H3,(H,26,30);(H,6,7). The van der Waals surface area contributed by atoms with Gasteiger partial charge in [0.25, 0.3) is 11.5 Å². The highest BCUT2D eigenvalue weighted by Crippen LogP contribution is 2.25. The maximum Gasteiger partial charge on any atom is 0.490 e. The number of amides is 2. The summed E-state index contributed by atoms with van der Waals surface area (Å²) in [4.78, 5) is 49.5. The molecule has 1 saturated carbocycles. The maximum absolute atomic E-state index is 14.5. The average molecular weight is 541 g/mol. The normalized spacial score (nSPS) is 16.3. The summed E-state index contributed by atoms with van der Waals surface area (Å²) in [5.74, 6) is -3.90. The number of carboxylic acid groups (broad SMARTS) is 1. The van der Waals surface area contributed by atoms with E-state index in [4.69, 9.17) is 9.90 Å². The third-order valence-corrected chi connectivity index (χ3v) is 6.51. The van der Waals surface area contributed by atoms with E-state index in [-0.39, 0.29) is 29.6 Å². The van der Waals surface area contributed by atoms with Crippen molar-refractivity contribution in [2.75, 3.05) is 19.6 Å². The molecule has 0 radical (unpaired) electrons. The van der Waals surface area contributed by atoms with E-state index in [1.54, 1.807) is 12.1 Å². The van der Waals surface area contributed by atoms with Gasteiger partial charge in [-0.25, -0.2) is 14.3 Å². The van der Waals surface area contributed by atoms with Crippen molar-refractivity contribution in [2.45, 2.75) is 57.7 Å². The molecule has 0 unspecified atom stereocenters. The van der Waals surface area contributed by atoms with E-state index in [9.17, 15) is 31.9 Å². The first-order chi connectivity index (χ1) is 17.9. The molecule has 1 aliphatic heterocycles. The number of rotatable bonds is 5. The van der Waals surface area contributed by atoms with E-state index >= 15 is 0 Å². The third-order valence-electron chi connectivity index (χ3n) is 6.51. The number of hydrogen-bond donors (Lipinski definition) is 2. The van der Waals surface area contributed by atoms with Crippen LogP contribution in [0.2, 0.25) is 0 Å². The van der Waals surface area contributed by atoms with Crippen molar-refractivity contribution in [2.24, 2.45) is 0 Å². The van der Waals surface area contributed by atoms with Crippen molar-refractivity contribution >= 4 is 17.8 Å². The van der Waals surface area contributed by atoms with Crippen LogP contribution in [-0.4, -0.2) is 74.7 Å². The van der Waals surface area contributed by atoms with Crippen LogP contribution in [0.15, 0.2) is 29.1 Å². The molecule has 2 fully saturated rings. The van der Waals surface area contributed by atoms with Gasteiger partial charge in [0.05, 0.1) is 11.3 Å². The number of H-pyrrole nitrogens is 1. The van der Waals surface area contributed by atoms with Crippen LogP contribution in [0.5, 0.6) is 0 Å². The zero-order chi connectivity index (χ0) is 28.0. The molecule has 9 nitrogen and oxygen atoms in total. The van der Waals surface area contributed by atoms with E-state index in [1.165, 1.54) is 17.0 Å². The smallest absolute Gasteiger partial charge is 0.475 e. The van der Waals surface area contributed by atoms with Crippen LogP contribution in [-0.2, 0) is 22.4 Å². The Hall–Kier alpha value is -3.77. The summed E-state index contributed by atoms with van der Waals surface area (Å²) in [5.41, 5.74) is 1.72. The van der Waals surface area contributed by atoms with Gasteiger partial charge in [-0.05, 0) is 43.0 Å². The Kier molecular flexibility index (Phi) is 9.23. The molecule has 0 atom stereocenters. The number of piperazine rings is 1. The number of nitrogens with one attached hydrogen (secondary N) is 1. The molecule has 2 N–H and O–H groups in total. The van der Waals surface area contributed by atoms with E-state index in [0.717, 1.165) is 25.7 Å². The summed E-state index contributed by atoms with van der Waals surface area (Å²) in [6.45, 7) is 2.78. The molecule has 38 heavy (non-hydrogen) atoms. The first-order valence-corrected chi connectivity index (χ1v) is 12.2. The summed E-state index contributed by atoms with van der Waals surface area (Å²) in [5, 5.41) is 13.6. The van der Waals surface area contributed by atoms with Crippen molar-refractivity contribution in [1.29, 1.82) is 0 Å². The molecule has 1 aromatic heterocycles. The van der Waals surface area contributed by atoms with E-state index in [0.29, 0.717) is 42.8 Å². The minimum absolute atomic E-state index is 0.0136. The lowest BCUT2D eigenvalue weighted by atomic mass is 10.0. The number of aromatic amines is 1. The molecule has 13 heteroatoms. The second-order valence-electron chi connectivity index (χ2n) is 9.11. The van der Waals surface area contributed by atoms with Gasteiger partial charge in [0.2, 0.25) is 5.91 Å². The molecule has 2 aliphatic rings. The molecule has 1 saturated heterocycles. The number of halogens is 4. The van der Waals surface area contributed by atoms with Crippen molar-refractivity contribution < 1.29 is 37.1 Å². The number of aliphatic carboxylic acids is 1. The molecular formula is C25H28F4N4O5. The number of alkyl halides is 3. The Morgan fingerprint density at radius 1 is 1.13 bits per heavy atom. The van der Waals surface area contributed by atoms with Crippen molar-refractivity contribution in [3.8, 4) is 0 Å². The zero-order valence-electron chi connectivity index (χ0n) is 20.7. The number of carbonyl (C=O) groups excluding carboxylic acids is 2. The van der Waals surface area contributed by atoms with Gasteiger partial charge in [0.1, 0.15) is 12.4 Å². The Balaban J connectivity index is 0.000000505. The summed E-state index contributed by atoms with van der Waals surface area (Å²) in [7, 11) is 0. The zero-order valence-corrected chi connectivity index (χ0v) is 20.7. The van der Waals surface area contributed by atoms with Gasteiger partial charge in [-0.1, -0.05) is 25.8 Å². The molecule has 0 spiro atoms. The molecule has 206 valence electrons. The SMILES string of the molecule is CCc1cc(Cc2ccc(F)c(C(=O)N3CCN(C4CCCC4)C(=O)C3)c2)n[nH]c1=O.O=C(O)C(F)(F)F. The minimum atomic E-state index is -5.08. The van der Waals surface area contributed by atoms with Crippen molar-refractivity contribution in [3.63, 3.8) is 0 Å². The lowest BCUT2D eigenvalue weighted by Gasteiger charge is -2.37. The number of nitrogens with zero attached hydrogens (tertiary/aromatic N) is 3. The van der Waals surface area contributed by atoms with Gasteiger partial charge in [-0.15, -0.1) is 0 Å². The van der Waals surface area contributed by atoms with Crippen LogP contribution in [0, 0.1) is 5.82 Å². The molecule has 2 aromatic rings. The largest absolute Gasteiger partial charge is 0.490 e. The summed E-state index contributed by atoms with van der Waals surface area (Å²) >= 11 is 0. The molecule has 4 rings (SSSR count). The Morgan fingerprint density at radius 3 is 2.37 bits per heavy atom. The quantitative estimate of drug-likeness (QED) is 0.563. The first-order valence-electron chi connectivity index (χ1n) is 12.2. The number of hydrogen-bond acceptors (Lipinski definition) is 5. The van der Waals surface area contributed by atoms with Crippen LogP contribution >= 0.6 is 0 Å². The Labute approximate surface area is 215 Å². The highest BCUT2D eigenvalue weighted by atomic mass is 19.4.